The summed E-state index contributed by atoms with van der Waals surface area (Å²) in [5, 5.41) is 6.53. The molecular formula is C23H29Cl2FN4O. The first kappa shape index (κ1) is 25.1. The maximum Gasteiger partial charge on any atom is 0.220 e. The maximum atomic E-state index is 13.4. The zero-order chi connectivity index (χ0) is 20.1. The van der Waals surface area contributed by atoms with Crippen molar-refractivity contribution >= 4 is 41.8 Å². The van der Waals surface area contributed by atoms with Crippen LogP contribution in [0, 0.1) is 11.7 Å². The van der Waals surface area contributed by atoms with Crippen LogP contribution in [0.4, 0.5) is 4.39 Å². The Bertz CT molecular complexity index is 958. The van der Waals surface area contributed by atoms with Gasteiger partial charge in [0.15, 0.2) is 0 Å². The van der Waals surface area contributed by atoms with Gasteiger partial charge in [-0.1, -0.05) is 24.3 Å². The highest BCUT2D eigenvalue weighted by Crippen LogP contribution is 2.21. The van der Waals surface area contributed by atoms with Gasteiger partial charge in [-0.2, -0.15) is 0 Å². The number of nitrogens with one attached hydrogen (secondary N) is 2. The molecule has 3 aromatic rings. The largest absolute Gasteiger partial charge is 0.347 e. The van der Waals surface area contributed by atoms with Crippen molar-refractivity contribution in [2.24, 2.45) is 5.92 Å². The minimum atomic E-state index is -0.280. The first-order valence-corrected chi connectivity index (χ1v) is 10.3. The molecule has 1 fully saturated rings. The Labute approximate surface area is 194 Å². The van der Waals surface area contributed by atoms with E-state index in [1.54, 1.807) is 18.5 Å². The van der Waals surface area contributed by atoms with Gasteiger partial charge in [0.05, 0.1) is 23.4 Å². The van der Waals surface area contributed by atoms with Crippen molar-refractivity contribution in [1.29, 1.82) is 0 Å². The van der Waals surface area contributed by atoms with Crippen molar-refractivity contribution in [3.8, 4) is 0 Å². The van der Waals surface area contributed by atoms with Gasteiger partial charge in [0.2, 0.25) is 5.91 Å². The fraction of sp³-hybridized carbons (Fsp3) is 0.391. The van der Waals surface area contributed by atoms with Crippen LogP contribution in [0.15, 0.2) is 54.9 Å². The number of nitrogens with zero attached hydrogens (tertiary/aromatic N) is 2. The summed E-state index contributed by atoms with van der Waals surface area (Å²) in [6.45, 7) is 2.63. The van der Waals surface area contributed by atoms with Gasteiger partial charge in [-0.15, -0.1) is 24.8 Å². The van der Waals surface area contributed by atoms with Gasteiger partial charge in [-0.25, -0.2) is 9.37 Å². The molecule has 1 amide bonds. The maximum absolute atomic E-state index is 13.4. The highest BCUT2D eigenvalue weighted by atomic mass is 35.5. The van der Waals surface area contributed by atoms with Crippen LogP contribution in [-0.4, -0.2) is 28.5 Å². The van der Waals surface area contributed by atoms with E-state index >= 15 is 0 Å². The number of fused-ring (bicyclic) bond motifs is 1. The van der Waals surface area contributed by atoms with Crippen molar-refractivity contribution in [1.82, 2.24) is 20.2 Å². The molecule has 0 radical (unpaired) electrons. The van der Waals surface area contributed by atoms with Crippen molar-refractivity contribution in [3.05, 3.63) is 66.2 Å². The molecule has 1 aromatic heterocycles. The molecule has 4 rings (SSSR count). The van der Waals surface area contributed by atoms with Crippen LogP contribution in [0.3, 0.4) is 0 Å². The Morgan fingerprint density at radius 1 is 1.13 bits per heavy atom. The summed E-state index contributed by atoms with van der Waals surface area (Å²) >= 11 is 0. The average Bonchev–Trinajstić information content (AvgIpc) is 3.16. The third kappa shape index (κ3) is 6.66. The smallest absolute Gasteiger partial charge is 0.220 e. The van der Waals surface area contributed by atoms with Crippen molar-refractivity contribution in [2.45, 2.75) is 38.3 Å². The third-order valence-electron chi connectivity index (χ3n) is 5.75. The molecule has 1 aliphatic heterocycles. The molecule has 5 nitrogen and oxygen atoms in total. The van der Waals surface area contributed by atoms with Gasteiger partial charge in [0.1, 0.15) is 5.82 Å². The molecule has 0 saturated carbocycles. The van der Waals surface area contributed by atoms with Crippen LogP contribution in [0.5, 0.6) is 0 Å². The number of benzene rings is 2. The lowest BCUT2D eigenvalue weighted by atomic mass is 9.93. The Morgan fingerprint density at radius 3 is 2.58 bits per heavy atom. The van der Waals surface area contributed by atoms with E-state index in [0.717, 1.165) is 48.9 Å². The van der Waals surface area contributed by atoms with Crippen LogP contribution in [0.2, 0.25) is 0 Å². The van der Waals surface area contributed by atoms with Gasteiger partial charge in [0, 0.05) is 13.0 Å². The van der Waals surface area contributed by atoms with E-state index in [0.29, 0.717) is 18.9 Å². The minimum absolute atomic E-state index is 0. The second-order valence-corrected chi connectivity index (χ2v) is 7.79. The van der Waals surface area contributed by atoms with E-state index in [4.69, 9.17) is 0 Å². The van der Waals surface area contributed by atoms with Crippen LogP contribution >= 0.6 is 24.8 Å². The summed E-state index contributed by atoms with van der Waals surface area (Å²) in [6.07, 6.45) is 5.50. The number of hydrogen-bond donors (Lipinski definition) is 2. The molecule has 1 unspecified atom stereocenters. The van der Waals surface area contributed by atoms with Gasteiger partial charge in [-0.3, -0.25) is 4.79 Å². The molecule has 168 valence electrons. The van der Waals surface area contributed by atoms with Crippen LogP contribution < -0.4 is 10.6 Å². The number of rotatable bonds is 7. The van der Waals surface area contributed by atoms with E-state index in [-0.39, 0.29) is 42.6 Å². The minimum Gasteiger partial charge on any atom is -0.347 e. The first-order chi connectivity index (χ1) is 14.2. The predicted octanol–water partition coefficient (Wildman–Crippen LogP) is 4.66. The van der Waals surface area contributed by atoms with Crippen molar-refractivity contribution in [3.63, 3.8) is 0 Å². The molecule has 1 saturated heterocycles. The lowest BCUT2D eigenvalue weighted by molar-refractivity contribution is -0.122. The van der Waals surface area contributed by atoms with Gasteiger partial charge < -0.3 is 15.2 Å². The Kier molecular flexibility index (Phi) is 9.75. The molecule has 8 heteroatoms. The van der Waals surface area contributed by atoms with Crippen LogP contribution in [0.25, 0.3) is 11.0 Å². The Balaban J connectivity index is 0.00000171. The molecule has 31 heavy (non-hydrogen) atoms. The summed E-state index contributed by atoms with van der Waals surface area (Å²) in [5.74, 6) is 0.379. The van der Waals surface area contributed by atoms with Gasteiger partial charge in [-0.05, 0) is 68.1 Å². The Morgan fingerprint density at radius 2 is 1.84 bits per heavy atom. The summed E-state index contributed by atoms with van der Waals surface area (Å²) in [6, 6.07) is 14.0. The quantitative estimate of drug-likeness (QED) is 0.532. The standard InChI is InChI=1S/C23H27FN4O.2ClH/c24-19-8-6-18(7-9-19)21(15-28-16-26-20-3-1-2-4-22(20)28)27-23(29)10-5-17-11-13-25-14-12-17;;/h1-4,6-9,16-17,21,25H,5,10-15H2,(H,27,29);2*1H. The average molecular weight is 467 g/mol. The summed E-state index contributed by atoms with van der Waals surface area (Å²) in [5.41, 5.74) is 2.82. The van der Waals surface area contributed by atoms with E-state index in [1.807, 2.05) is 28.8 Å². The number of carbonyl (C=O) groups excluding carboxylic acids is 1. The number of hydrogen-bond acceptors (Lipinski definition) is 3. The molecule has 2 aromatic carbocycles. The summed E-state index contributed by atoms with van der Waals surface area (Å²) in [7, 11) is 0. The number of amides is 1. The molecular weight excluding hydrogens is 438 g/mol. The van der Waals surface area contributed by atoms with Crippen molar-refractivity contribution in [2.75, 3.05) is 13.1 Å². The number of para-hydroxylation sites is 2. The predicted molar refractivity (Wildman–Crippen MR) is 126 cm³/mol. The van der Waals surface area contributed by atoms with Crippen LogP contribution in [0.1, 0.15) is 37.3 Å². The number of aromatic nitrogens is 2. The Hall–Kier alpha value is -2.15. The molecule has 1 aliphatic rings. The van der Waals surface area contributed by atoms with Gasteiger partial charge in [0.25, 0.3) is 0 Å². The van der Waals surface area contributed by atoms with E-state index < -0.39 is 0 Å². The lowest BCUT2D eigenvalue weighted by Crippen LogP contribution is -2.32. The zero-order valence-corrected chi connectivity index (χ0v) is 18.9. The fourth-order valence-electron chi connectivity index (χ4n) is 4.05. The number of halogens is 3. The highest BCUT2D eigenvalue weighted by molar-refractivity contribution is 5.85. The van der Waals surface area contributed by atoms with Crippen molar-refractivity contribution < 1.29 is 9.18 Å². The molecule has 1 atom stereocenters. The van der Waals surface area contributed by atoms with E-state index in [9.17, 15) is 9.18 Å². The summed E-state index contributed by atoms with van der Waals surface area (Å²) < 4.78 is 15.5. The highest BCUT2D eigenvalue weighted by Gasteiger charge is 2.19. The van der Waals surface area contributed by atoms with Gasteiger partial charge >= 0.3 is 0 Å². The molecule has 0 bridgehead atoms. The number of carbonyl (C=O) groups is 1. The molecule has 2 heterocycles. The lowest BCUT2D eigenvalue weighted by Gasteiger charge is -2.24. The fourth-order valence-corrected chi connectivity index (χ4v) is 4.05. The second kappa shape index (κ2) is 12.0. The zero-order valence-electron chi connectivity index (χ0n) is 17.3. The molecule has 0 aliphatic carbocycles. The van der Waals surface area contributed by atoms with E-state index in [2.05, 4.69) is 15.6 Å². The third-order valence-corrected chi connectivity index (χ3v) is 5.75. The van der Waals surface area contributed by atoms with Crippen LogP contribution in [-0.2, 0) is 11.3 Å². The second-order valence-electron chi connectivity index (χ2n) is 7.79. The normalized spacial score (nSPS) is 15.0. The molecule has 2 N–H and O–H groups in total. The topological polar surface area (TPSA) is 59.0 Å². The SMILES string of the molecule is Cl.Cl.O=C(CCC1CCNCC1)NC(Cn1cnc2ccccc21)c1ccc(F)cc1. The number of imidazole rings is 1. The van der Waals surface area contributed by atoms with E-state index in [1.165, 1.54) is 12.1 Å². The molecule has 0 spiro atoms. The first-order valence-electron chi connectivity index (χ1n) is 10.3. The number of piperidine rings is 1. The monoisotopic (exact) mass is 466 g/mol. The summed E-state index contributed by atoms with van der Waals surface area (Å²) in [4.78, 5) is 17.1.